The summed E-state index contributed by atoms with van der Waals surface area (Å²) in [6, 6.07) is -0.430. The van der Waals surface area contributed by atoms with Gasteiger partial charge in [-0.25, -0.2) is 4.79 Å². The van der Waals surface area contributed by atoms with E-state index in [1.54, 1.807) is 41.5 Å². The largest absolute Gasteiger partial charge is 0.443 e. The van der Waals surface area contributed by atoms with Gasteiger partial charge in [-0.1, -0.05) is 0 Å². The Bertz CT molecular complexity index is 436. The zero-order valence-corrected chi connectivity index (χ0v) is 12.6. The van der Waals surface area contributed by atoms with Crippen LogP contribution in [0.1, 0.15) is 48.0 Å². The number of hydrogen-bond acceptors (Lipinski definition) is 4. The highest BCUT2D eigenvalue weighted by Crippen LogP contribution is 2.26. The Kier molecular flexibility index (Phi) is 3.71. The van der Waals surface area contributed by atoms with Crippen LogP contribution in [0, 0.1) is 0 Å². The van der Waals surface area contributed by atoms with E-state index in [2.05, 4.69) is 4.72 Å². The first kappa shape index (κ1) is 15.2. The van der Waals surface area contributed by atoms with Gasteiger partial charge >= 0.3 is 16.3 Å². The molecule has 1 aliphatic heterocycles. The topological polar surface area (TPSA) is 75.7 Å². The second kappa shape index (κ2) is 4.38. The molecule has 0 aromatic heterocycles. The van der Waals surface area contributed by atoms with Crippen molar-refractivity contribution >= 4 is 16.3 Å². The fraction of sp³-hybridized carbons (Fsp3) is 0.909. The number of amides is 1. The predicted octanol–water partition coefficient (Wildman–Crippen LogP) is 1.63. The Labute approximate surface area is 109 Å². The molecule has 0 aromatic carbocycles. The van der Waals surface area contributed by atoms with Crippen LogP contribution in [0.4, 0.5) is 4.79 Å². The fourth-order valence-electron chi connectivity index (χ4n) is 2.08. The Balaban J connectivity index is 2.99. The van der Waals surface area contributed by atoms with Crippen molar-refractivity contribution in [3.8, 4) is 0 Å². The Hall–Kier alpha value is -0.820. The van der Waals surface area contributed by atoms with Crippen molar-refractivity contribution in [2.75, 3.05) is 0 Å². The summed E-state index contributed by atoms with van der Waals surface area (Å²) in [5.74, 6) is 0. The summed E-state index contributed by atoms with van der Waals surface area (Å²) in [5.41, 5.74) is -1.28. The van der Waals surface area contributed by atoms with Crippen LogP contribution in [0.3, 0.4) is 0 Å². The predicted molar refractivity (Wildman–Crippen MR) is 68.3 cm³/mol. The first-order valence-electron chi connectivity index (χ1n) is 5.90. The van der Waals surface area contributed by atoms with E-state index in [-0.39, 0.29) is 0 Å². The molecule has 6 nitrogen and oxygen atoms in total. The van der Waals surface area contributed by atoms with Crippen LogP contribution in [0.2, 0.25) is 0 Å². The van der Waals surface area contributed by atoms with Gasteiger partial charge < -0.3 is 4.74 Å². The lowest BCUT2D eigenvalue weighted by Crippen LogP contribution is -2.62. The van der Waals surface area contributed by atoms with Crippen LogP contribution >= 0.6 is 0 Å². The van der Waals surface area contributed by atoms with Gasteiger partial charge in [0, 0.05) is 5.54 Å². The monoisotopic (exact) mass is 278 g/mol. The SMILES string of the molecule is CC1CC(C)(C)NS(=O)(=O)N1C(=O)OC(C)(C)C. The quantitative estimate of drug-likeness (QED) is 0.730. The molecule has 0 aliphatic carbocycles. The smallest absolute Gasteiger partial charge is 0.425 e. The van der Waals surface area contributed by atoms with Crippen molar-refractivity contribution in [1.82, 2.24) is 9.03 Å². The van der Waals surface area contributed by atoms with E-state index in [1.807, 2.05) is 0 Å². The Morgan fingerprint density at radius 1 is 1.39 bits per heavy atom. The minimum atomic E-state index is -3.84. The van der Waals surface area contributed by atoms with Crippen molar-refractivity contribution in [2.45, 2.75) is 65.1 Å². The molecule has 106 valence electrons. The second-order valence-corrected chi connectivity index (χ2v) is 7.87. The number of hydrogen-bond donors (Lipinski definition) is 1. The standard InChI is InChI=1S/C11H22N2O4S/c1-8-7-11(5,6)12-18(15,16)13(8)9(14)17-10(2,3)4/h8,12H,7H2,1-6H3. The molecule has 0 bridgehead atoms. The highest BCUT2D eigenvalue weighted by atomic mass is 32.2. The van der Waals surface area contributed by atoms with Gasteiger partial charge in [0.25, 0.3) is 0 Å². The van der Waals surface area contributed by atoms with Crippen molar-refractivity contribution in [1.29, 1.82) is 0 Å². The van der Waals surface area contributed by atoms with E-state index in [4.69, 9.17) is 4.74 Å². The third kappa shape index (κ3) is 3.58. The first-order chi connectivity index (χ1) is 7.84. The van der Waals surface area contributed by atoms with Gasteiger partial charge in [-0.05, 0) is 48.0 Å². The summed E-state index contributed by atoms with van der Waals surface area (Å²) in [6.45, 7) is 10.4. The summed E-state index contributed by atoms with van der Waals surface area (Å²) in [6.07, 6.45) is -0.302. The lowest BCUT2D eigenvalue weighted by molar-refractivity contribution is 0.0308. The average Bonchev–Trinajstić information content (AvgIpc) is 1.91. The minimum Gasteiger partial charge on any atom is -0.443 e. The average molecular weight is 278 g/mol. The van der Waals surface area contributed by atoms with E-state index < -0.39 is 33.5 Å². The van der Waals surface area contributed by atoms with Crippen LogP contribution in [0.25, 0.3) is 0 Å². The molecular formula is C11H22N2O4S. The minimum absolute atomic E-state index is 0.430. The first-order valence-corrected chi connectivity index (χ1v) is 7.34. The van der Waals surface area contributed by atoms with Gasteiger partial charge in [-0.2, -0.15) is 17.4 Å². The van der Waals surface area contributed by atoms with Gasteiger partial charge in [0.15, 0.2) is 0 Å². The third-order valence-corrected chi connectivity index (χ3v) is 4.28. The molecule has 0 spiro atoms. The molecule has 1 amide bonds. The third-order valence-electron chi connectivity index (χ3n) is 2.44. The lowest BCUT2D eigenvalue weighted by atomic mass is 9.97. The van der Waals surface area contributed by atoms with E-state index in [1.165, 1.54) is 0 Å². The normalized spacial score (nSPS) is 26.8. The van der Waals surface area contributed by atoms with Gasteiger partial charge in [-0.3, -0.25) is 0 Å². The highest BCUT2D eigenvalue weighted by Gasteiger charge is 2.44. The van der Waals surface area contributed by atoms with Crippen molar-refractivity contribution < 1.29 is 17.9 Å². The Morgan fingerprint density at radius 2 is 1.89 bits per heavy atom. The van der Waals surface area contributed by atoms with E-state index in [9.17, 15) is 13.2 Å². The molecule has 7 heteroatoms. The zero-order chi connectivity index (χ0) is 14.4. The van der Waals surface area contributed by atoms with Crippen LogP contribution in [0.15, 0.2) is 0 Å². The van der Waals surface area contributed by atoms with Crippen molar-refractivity contribution in [3.63, 3.8) is 0 Å². The van der Waals surface area contributed by atoms with Crippen LogP contribution in [0.5, 0.6) is 0 Å². The second-order valence-electron chi connectivity index (χ2n) is 6.32. The molecule has 0 aromatic rings. The van der Waals surface area contributed by atoms with Gasteiger partial charge in [0.05, 0.1) is 6.04 Å². The van der Waals surface area contributed by atoms with Crippen molar-refractivity contribution in [3.05, 3.63) is 0 Å². The van der Waals surface area contributed by atoms with Crippen LogP contribution in [-0.4, -0.2) is 36.0 Å². The zero-order valence-electron chi connectivity index (χ0n) is 11.8. The molecule has 1 rings (SSSR count). The highest BCUT2D eigenvalue weighted by molar-refractivity contribution is 7.87. The summed E-state index contributed by atoms with van der Waals surface area (Å²) in [4.78, 5) is 11.9. The molecule has 1 saturated heterocycles. The van der Waals surface area contributed by atoms with Gasteiger partial charge in [0.1, 0.15) is 5.60 Å². The van der Waals surface area contributed by atoms with E-state index >= 15 is 0 Å². The van der Waals surface area contributed by atoms with Gasteiger partial charge in [0.2, 0.25) is 0 Å². The van der Waals surface area contributed by atoms with Crippen LogP contribution < -0.4 is 4.72 Å². The summed E-state index contributed by atoms with van der Waals surface area (Å²) < 4.78 is 32.5. The van der Waals surface area contributed by atoms with E-state index in [0.717, 1.165) is 4.31 Å². The molecule has 18 heavy (non-hydrogen) atoms. The summed E-state index contributed by atoms with van der Waals surface area (Å²) in [5, 5.41) is 0. The molecule has 1 atom stereocenters. The van der Waals surface area contributed by atoms with Crippen LogP contribution in [-0.2, 0) is 14.9 Å². The maximum atomic E-state index is 12.0. The molecule has 0 saturated carbocycles. The van der Waals surface area contributed by atoms with E-state index in [0.29, 0.717) is 6.42 Å². The number of rotatable bonds is 0. The molecular weight excluding hydrogens is 256 g/mol. The maximum absolute atomic E-state index is 12.0. The number of carbonyl (C=O) groups excluding carboxylic acids is 1. The number of nitrogens with zero attached hydrogens (tertiary/aromatic N) is 1. The maximum Gasteiger partial charge on any atom is 0.425 e. The summed E-state index contributed by atoms with van der Waals surface area (Å²) >= 11 is 0. The molecule has 1 heterocycles. The van der Waals surface area contributed by atoms with Crippen molar-refractivity contribution in [2.24, 2.45) is 0 Å². The molecule has 1 unspecified atom stereocenters. The fourth-order valence-corrected chi connectivity index (χ4v) is 3.75. The number of nitrogens with one attached hydrogen (secondary N) is 1. The number of ether oxygens (including phenoxy) is 1. The molecule has 1 N–H and O–H groups in total. The molecule has 1 fully saturated rings. The Morgan fingerprint density at radius 3 is 2.28 bits per heavy atom. The van der Waals surface area contributed by atoms with Gasteiger partial charge in [-0.15, -0.1) is 0 Å². The molecule has 1 aliphatic rings. The lowest BCUT2D eigenvalue weighted by Gasteiger charge is -2.41. The number of carbonyl (C=O) groups is 1. The molecule has 0 radical (unpaired) electrons. The summed E-state index contributed by atoms with van der Waals surface area (Å²) in [7, 11) is -3.84.